The first kappa shape index (κ1) is 27.9. The summed E-state index contributed by atoms with van der Waals surface area (Å²) in [4.78, 5) is 25.9. The largest absolute Gasteiger partial charge is 0.508 e. The van der Waals surface area contributed by atoms with Crippen molar-refractivity contribution in [3.05, 3.63) is 54.1 Å². The fourth-order valence-corrected chi connectivity index (χ4v) is 6.28. The Kier molecular flexibility index (Phi) is 7.98. The van der Waals surface area contributed by atoms with Crippen molar-refractivity contribution in [3.63, 3.8) is 0 Å². The molecule has 2 aliphatic carbocycles. The second-order valence-corrected chi connectivity index (χ2v) is 10.9. The van der Waals surface area contributed by atoms with Gasteiger partial charge in [0.15, 0.2) is 5.60 Å². The van der Waals surface area contributed by atoms with E-state index in [9.17, 15) is 24.9 Å². The Labute approximate surface area is 225 Å². The van der Waals surface area contributed by atoms with Gasteiger partial charge in [0.2, 0.25) is 0 Å². The predicted molar refractivity (Wildman–Crippen MR) is 136 cm³/mol. The van der Waals surface area contributed by atoms with Crippen LogP contribution in [0.5, 0.6) is 5.75 Å². The highest BCUT2D eigenvalue weighted by molar-refractivity contribution is 6.20. The molecule has 8 unspecified atom stereocenters. The molecule has 10 heteroatoms. The maximum absolute atomic E-state index is 13.4. The van der Waals surface area contributed by atoms with Gasteiger partial charge in [0.05, 0.1) is 30.4 Å². The zero-order valence-corrected chi connectivity index (χ0v) is 22.1. The monoisotopic (exact) mass is 554 g/mol. The number of halogens is 2. The molecule has 0 bridgehead atoms. The second-order valence-electron chi connectivity index (χ2n) is 10.4. The average molecular weight is 555 g/mol. The smallest absolute Gasteiger partial charge is 0.339 e. The van der Waals surface area contributed by atoms with Crippen LogP contribution in [0.3, 0.4) is 0 Å². The molecule has 2 saturated carbocycles. The molecule has 0 aromatic heterocycles. The second kappa shape index (κ2) is 10.6. The summed E-state index contributed by atoms with van der Waals surface area (Å²) in [7, 11) is 0. The number of hydrogen-bond acceptors (Lipinski definition) is 8. The van der Waals surface area contributed by atoms with Crippen LogP contribution in [-0.2, 0) is 30.2 Å². The molecule has 8 nitrogen and oxygen atoms in total. The van der Waals surface area contributed by atoms with Crippen LogP contribution in [0.1, 0.15) is 25.3 Å². The number of ether oxygens (including phenoxy) is 3. The number of aromatic hydroxyl groups is 1. The van der Waals surface area contributed by atoms with E-state index in [1.807, 2.05) is 0 Å². The standard InChI is InChI=1S/C27H32Cl2O8/c1-14-10-19(36-25(33)26(3,12-28)35-9-8-16-4-6-17(30)7-5-16)21-15(2)24(32)37-23(21)22-18(14)11-20(31)27(22,34)13-29/h4-7,18-23,30-31,34H,1-2,8-13H2,3H3. The minimum absolute atomic E-state index is 0.121. The van der Waals surface area contributed by atoms with Gasteiger partial charge in [-0.1, -0.05) is 30.9 Å². The number of phenolic OH excluding ortho intramolecular Hbond substituents is 1. The topological polar surface area (TPSA) is 123 Å². The van der Waals surface area contributed by atoms with Crippen LogP contribution < -0.4 is 0 Å². The first-order chi connectivity index (χ1) is 17.4. The van der Waals surface area contributed by atoms with Gasteiger partial charge in [-0.2, -0.15) is 0 Å². The molecule has 1 aromatic rings. The van der Waals surface area contributed by atoms with Crippen molar-refractivity contribution >= 4 is 35.1 Å². The third kappa shape index (κ3) is 5.02. The number of esters is 2. The van der Waals surface area contributed by atoms with Crippen LogP contribution >= 0.6 is 23.2 Å². The lowest BCUT2D eigenvalue weighted by atomic mass is 9.76. The summed E-state index contributed by atoms with van der Waals surface area (Å²) in [6.45, 7) is 9.73. The molecule has 37 heavy (non-hydrogen) atoms. The summed E-state index contributed by atoms with van der Waals surface area (Å²) < 4.78 is 17.4. The highest BCUT2D eigenvalue weighted by atomic mass is 35.5. The van der Waals surface area contributed by atoms with E-state index in [4.69, 9.17) is 37.4 Å². The van der Waals surface area contributed by atoms with Gasteiger partial charge in [-0.05, 0) is 43.4 Å². The lowest BCUT2D eigenvalue weighted by Gasteiger charge is -2.37. The number of rotatable bonds is 8. The van der Waals surface area contributed by atoms with Gasteiger partial charge >= 0.3 is 11.9 Å². The molecule has 1 heterocycles. The molecule has 1 aliphatic heterocycles. The van der Waals surface area contributed by atoms with Gasteiger partial charge in [-0.25, -0.2) is 9.59 Å². The van der Waals surface area contributed by atoms with Crippen LogP contribution in [0.25, 0.3) is 0 Å². The predicted octanol–water partition coefficient (Wildman–Crippen LogP) is 2.89. The fraction of sp³-hybridized carbons (Fsp3) is 0.556. The van der Waals surface area contributed by atoms with Gasteiger partial charge in [0, 0.05) is 17.9 Å². The first-order valence-electron chi connectivity index (χ1n) is 12.2. The molecule has 202 valence electrons. The van der Waals surface area contributed by atoms with Gasteiger partial charge in [-0.15, -0.1) is 23.2 Å². The number of aliphatic hydroxyl groups excluding tert-OH is 1. The number of alkyl halides is 2. The van der Waals surface area contributed by atoms with E-state index in [-0.39, 0.29) is 42.5 Å². The third-order valence-electron chi connectivity index (χ3n) is 7.98. The average Bonchev–Trinajstić information content (AvgIpc) is 3.27. The van der Waals surface area contributed by atoms with Gasteiger partial charge in [-0.3, -0.25) is 0 Å². The summed E-state index contributed by atoms with van der Waals surface area (Å²) in [6.07, 6.45) is -2.03. The Morgan fingerprint density at radius 2 is 1.95 bits per heavy atom. The molecule has 1 saturated heterocycles. The van der Waals surface area contributed by atoms with Crippen LogP contribution in [-0.4, -0.2) is 75.1 Å². The lowest BCUT2D eigenvalue weighted by Crippen LogP contribution is -2.52. The SMILES string of the molecule is C=C1CC(OC(=O)C(C)(CCl)OCCc2ccc(O)cc2)C2C(=C)C(=O)OC2C2C1CC(O)C2(O)CCl. The number of benzene rings is 1. The molecule has 0 spiro atoms. The summed E-state index contributed by atoms with van der Waals surface area (Å²) in [5.41, 5.74) is -1.50. The molecule has 1 aromatic carbocycles. The normalized spacial score (nSPS) is 34.8. The molecule has 3 fully saturated rings. The Bertz CT molecular complexity index is 1070. The van der Waals surface area contributed by atoms with Gasteiger partial charge in [0.25, 0.3) is 0 Å². The summed E-state index contributed by atoms with van der Waals surface area (Å²) in [6, 6.07) is 6.64. The molecule has 4 rings (SSSR count). The van der Waals surface area contributed by atoms with Crippen molar-refractivity contribution in [2.75, 3.05) is 18.4 Å². The van der Waals surface area contributed by atoms with E-state index < -0.39 is 59.2 Å². The Morgan fingerprint density at radius 1 is 1.27 bits per heavy atom. The number of fused-ring (bicyclic) bond motifs is 3. The maximum atomic E-state index is 13.4. The Balaban J connectivity index is 1.53. The van der Waals surface area contributed by atoms with Crippen LogP contribution in [0.15, 0.2) is 48.6 Å². The van der Waals surface area contributed by atoms with E-state index in [1.54, 1.807) is 24.3 Å². The molecular formula is C27H32Cl2O8. The lowest BCUT2D eigenvalue weighted by molar-refractivity contribution is -0.177. The zero-order valence-electron chi connectivity index (χ0n) is 20.6. The number of hydrogen-bond donors (Lipinski definition) is 3. The van der Waals surface area contributed by atoms with Crippen LogP contribution in [0.4, 0.5) is 0 Å². The molecule has 0 radical (unpaired) electrons. The van der Waals surface area contributed by atoms with Crippen molar-refractivity contribution in [1.82, 2.24) is 0 Å². The van der Waals surface area contributed by atoms with E-state index in [0.717, 1.165) is 5.56 Å². The number of aliphatic hydroxyl groups is 2. The van der Waals surface area contributed by atoms with Gasteiger partial charge < -0.3 is 29.5 Å². The minimum Gasteiger partial charge on any atom is -0.508 e. The minimum atomic E-state index is -1.70. The summed E-state index contributed by atoms with van der Waals surface area (Å²) >= 11 is 12.2. The van der Waals surface area contributed by atoms with E-state index in [0.29, 0.717) is 12.0 Å². The third-order valence-corrected chi connectivity index (χ3v) is 8.91. The molecule has 8 atom stereocenters. The summed E-state index contributed by atoms with van der Waals surface area (Å²) in [5, 5.41) is 31.3. The van der Waals surface area contributed by atoms with Gasteiger partial charge in [0.1, 0.15) is 23.6 Å². The van der Waals surface area contributed by atoms with Crippen LogP contribution in [0.2, 0.25) is 0 Å². The van der Waals surface area contributed by atoms with Crippen molar-refractivity contribution in [3.8, 4) is 5.75 Å². The van der Waals surface area contributed by atoms with Crippen molar-refractivity contribution < 1.29 is 39.1 Å². The van der Waals surface area contributed by atoms with E-state index >= 15 is 0 Å². The first-order valence-corrected chi connectivity index (χ1v) is 13.2. The Morgan fingerprint density at radius 3 is 2.57 bits per heavy atom. The molecular weight excluding hydrogens is 523 g/mol. The summed E-state index contributed by atoms with van der Waals surface area (Å²) in [5.74, 6) is -3.54. The quantitative estimate of drug-likeness (QED) is 0.194. The molecule has 3 aliphatic rings. The highest BCUT2D eigenvalue weighted by Gasteiger charge is 2.64. The number of carbonyl (C=O) groups excluding carboxylic acids is 2. The van der Waals surface area contributed by atoms with Crippen LogP contribution in [0, 0.1) is 17.8 Å². The highest BCUT2D eigenvalue weighted by Crippen LogP contribution is 2.55. The fourth-order valence-electron chi connectivity index (χ4n) is 5.74. The number of carbonyl (C=O) groups is 2. The number of phenols is 1. The molecule has 3 N–H and O–H groups in total. The Hall–Kier alpha value is -2.10. The van der Waals surface area contributed by atoms with E-state index in [2.05, 4.69) is 13.2 Å². The zero-order chi connectivity index (χ0) is 27.1. The van der Waals surface area contributed by atoms with Crippen molar-refractivity contribution in [2.45, 2.75) is 55.7 Å². The molecule has 0 amide bonds. The van der Waals surface area contributed by atoms with Crippen molar-refractivity contribution in [1.29, 1.82) is 0 Å². The van der Waals surface area contributed by atoms with Crippen molar-refractivity contribution in [2.24, 2.45) is 17.8 Å². The maximum Gasteiger partial charge on any atom is 0.339 e. The van der Waals surface area contributed by atoms with E-state index in [1.165, 1.54) is 6.92 Å².